The van der Waals surface area contributed by atoms with Crippen LogP contribution in [-0.2, 0) is 25.6 Å². The zero-order chi connectivity index (χ0) is 24.4. The van der Waals surface area contributed by atoms with E-state index in [9.17, 15) is 24.3 Å². The maximum atomic E-state index is 13.1. The van der Waals surface area contributed by atoms with Gasteiger partial charge in [-0.15, -0.1) is 0 Å². The van der Waals surface area contributed by atoms with Crippen LogP contribution in [0.4, 0.5) is 0 Å². The fraction of sp³-hybridized carbons (Fsp3) is 0.545. The molecule has 1 aromatic rings. The Morgan fingerprint density at radius 1 is 0.727 bits per heavy atom. The number of hydrogen-bond acceptors (Lipinski definition) is 7. The third-order valence-electron chi connectivity index (χ3n) is 5.42. The zero-order valence-electron chi connectivity index (χ0n) is 18.8. The van der Waals surface area contributed by atoms with Gasteiger partial charge in [-0.25, -0.2) is 0 Å². The first-order valence-electron chi connectivity index (χ1n) is 11.1. The highest BCUT2D eigenvalue weighted by molar-refractivity contribution is 5.97. The Balaban J connectivity index is 2.34. The van der Waals surface area contributed by atoms with Crippen LogP contribution in [0.3, 0.4) is 0 Å². The van der Waals surface area contributed by atoms with Crippen LogP contribution in [0.1, 0.15) is 38.2 Å². The van der Waals surface area contributed by atoms with Gasteiger partial charge in [0.05, 0.1) is 0 Å². The Bertz CT molecular complexity index is 825. The molecule has 0 aliphatic carbocycles. The van der Waals surface area contributed by atoms with Gasteiger partial charge in [0, 0.05) is 6.42 Å². The third kappa shape index (κ3) is 8.03. The molecule has 0 spiro atoms. The summed E-state index contributed by atoms with van der Waals surface area (Å²) in [5.74, 6) is -2.00. The average Bonchev–Trinajstić information content (AvgIpc) is 2.79. The molecule has 4 amide bonds. The molecule has 33 heavy (non-hydrogen) atoms. The van der Waals surface area contributed by atoms with E-state index < -0.39 is 47.8 Å². The first-order valence-corrected chi connectivity index (χ1v) is 11.1. The predicted molar refractivity (Wildman–Crippen MR) is 122 cm³/mol. The standard InChI is InChI=1S/C22H34N6O5/c1-13-19(30)26-17(5-3-11-24)21(32)28-18(12-14-6-8-15(29)9-7-14)22(33)27-16(4-2-10-23)20(31)25-13/h6-9,13,16-18,29H,2-5,10-12,23-24H2,1H3,(H,25,31)(H,26,30)(H,27,33)(H,28,32). The average molecular weight is 463 g/mol. The molecule has 0 radical (unpaired) electrons. The number of carbonyl (C=O) groups is 4. The van der Waals surface area contributed by atoms with Gasteiger partial charge in [-0.1, -0.05) is 12.1 Å². The van der Waals surface area contributed by atoms with Crippen LogP contribution in [-0.4, -0.2) is 66.0 Å². The number of phenolic OH excluding ortho intramolecular Hbond substituents is 1. The molecule has 11 heteroatoms. The molecule has 9 N–H and O–H groups in total. The van der Waals surface area contributed by atoms with E-state index in [-0.39, 0.29) is 25.0 Å². The summed E-state index contributed by atoms with van der Waals surface area (Å²) < 4.78 is 0. The summed E-state index contributed by atoms with van der Waals surface area (Å²) in [6.07, 6.45) is 1.64. The molecule has 182 valence electrons. The maximum Gasteiger partial charge on any atom is 0.243 e. The Hall–Kier alpha value is -3.18. The van der Waals surface area contributed by atoms with Crippen molar-refractivity contribution < 1.29 is 24.3 Å². The molecule has 1 aliphatic rings. The van der Waals surface area contributed by atoms with Crippen LogP contribution >= 0.6 is 0 Å². The zero-order valence-corrected chi connectivity index (χ0v) is 18.8. The van der Waals surface area contributed by atoms with Gasteiger partial charge in [0.2, 0.25) is 23.6 Å². The van der Waals surface area contributed by atoms with Crippen molar-refractivity contribution in [1.29, 1.82) is 0 Å². The molecule has 4 unspecified atom stereocenters. The van der Waals surface area contributed by atoms with Gasteiger partial charge in [-0.2, -0.15) is 0 Å². The van der Waals surface area contributed by atoms with Gasteiger partial charge in [0.1, 0.15) is 29.9 Å². The summed E-state index contributed by atoms with van der Waals surface area (Å²) in [5, 5.41) is 20.2. The molecule has 1 fully saturated rings. The molecule has 1 saturated heterocycles. The number of phenols is 1. The van der Waals surface area contributed by atoms with E-state index in [1.165, 1.54) is 19.1 Å². The van der Waals surface area contributed by atoms with Crippen molar-refractivity contribution in [2.45, 2.75) is 63.2 Å². The number of nitrogens with one attached hydrogen (secondary N) is 4. The molecule has 0 bridgehead atoms. The third-order valence-corrected chi connectivity index (χ3v) is 5.42. The minimum Gasteiger partial charge on any atom is -0.508 e. The van der Waals surface area contributed by atoms with Crippen molar-refractivity contribution in [1.82, 2.24) is 21.3 Å². The van der Waals surface area contributed by atoms with Crippen LogP contribution in [0.5, 0.6) is 5.75 Å². The molecular weight excluding hydrogens is 428 g/mol. The number of amides is 4. The van der Waals surface area contributed by atoms with Crippen molar-refractivity contribution in [2.24, 2.45) is 11.5 Å². The van der Waals surface area contributed by atoms with E-state index in [1.807, 2.05) is 0 Å². The van der Waals surface area contributed by atoms with E-state index in [1.54, 1.807) is 12.1 Å². The molecular formula is C22H34N6O5. The van der Waals surface area contributed by atoms with Gasteiger partial charge in [0.25, 0.3) is 0 Å². The Morgan fingerprint density at radius 3 is 1.73 bits per heavy atom. The number of carbonyl (C=O) groups excluding carboxylic acids is 4. The van der Waals surface area contributed by atoms with Crippen LogP contribution in [0.2, 0.25) is 0 Å². The van der Waals surface area contributed by atoms with Gasteiger partial charge < -0.3 is 37.8 Å². The normalized spacial score (nSPS) is 24.6. The van der Waals surface area contributed by atoms with Crippen molar-refractivity contribution in [3.8, 4) is 5.75 Å². The van der Waals surface area contributed by atoms with Crippen LogP contribution < -0.4 is 32.7 Å². The van der Waals surface area contributed by atoms with E-state index >= 15 is 0 Å². The lowest BCUT2D eigenvalue weighted by Crippen LogP contribution is -2.61. The second kappa shape index (κ2) is 12.8. The molecule has 1 heterocycles. The van der Waals surface area contributed by atoms with Crippen molar-refractivity contribution >= 4 is 23.6 Å². The van der Waals surface area contributed by atoms with Crippen LogP contribution in [0.25, 0.3) is 0 Å². The Morgan fingerprint density at radius 2 is 1.18 bits per heavy atom. The lowest BCUT2D eigenvalue weighted by atomic mass is 10.0. The summed E-state index contributed by atoms with van der Waals surface area (Å²) in [6, 6.07) is 2.49. The van der Waals surface area contributed by atoms with Gasteiger partial charge in [-0.05, 0) is 63.4 Å². The topological polar surface area (TPSA) is 189 Å². The summed E-state index contributed by atoms with van der Waals surface area (Å²) >= 11 is 0. The second-order valence-electron chi connectivity index (χ2n) is 8.15. The Labute approximate surface area is 193 Å². The van der Waals surface area contributed by atoms with Crippen LogP contribution in [0, 0.1) is 0 Å². The number of benzene rings is 1. The van der Waals surface area contributed by atoms with Crippen molar-refractivity contribution in [3.05, 3.63) is 29.8 Å². The van der Waals surface area contributed by atoms with Gasteiger partial charge in [0.15, 0.2) is 0 Å². The smallest absolute Gasteiger partial charge is 0.243 e. The predicted octanol–water partition coefficient (Wildman–Crippen LogP) is -1.61. The molecule has 0 aromatic heterocycles. The van der Waals surface area contributed by atoms with E-state index in [0.29, 0.717) is 31.5 Å². The maximum absolute atomic E-state index is 13.1. The first-order chi connectivity index (χ1) is 15.7. The monoisotopic (exact) mass is 462 g/mol. The SMILES string of the molecule is CC1NC(=O)C(CCCN)NC(=O)C(Cc2ccc(O)cc2)NC(=O)C(CCCN)NC1=O. The first kappa shape index (κ1) is 26.1. The highest BCUT2D eigenvalue weighted by atomic mass is 16.3. The Kier molecular flexibility index (Phi) is 10.1. The summed E-state index contributed by atoms with van der Waals surface area (Å²) in [6.45, 7) is 2.16. The second-order valence-corrected chi connectivity index (χ2v) is 8.15. The van der Waals surface area contributed by atoms with E-state index in [0.717, 1.165) is 0 Å². The number of rotatable bonds is 8. The number of hydrogen-bond donors (Lipinski definition) is 7. The summed E-state index contributed by atoms with van der Waals surface area (Å²) in [5.41, 5.74) is 11.8. The molecule has 4 atom stereocenters. The van der Waals surface area contributed by atoms with Gasteiger partial charge >= 0.3 is 0 Å². The van der Waals surface area contributed by atoms with Gasteiger partial charge in [-0.3, -0.25) is 19.2 Å². The molecule has 1 aliphatic heterocycles. The van der Waals surface area contributed by atoms with Crippen molar-refractivity contribution in [3.63, 3.8) is 0 Å². The van der Waals surface area contributed by atoms with Crippen LogP contribution in [0.15, 0.2) is 24.3 Å². The highest BCUT2D eigenvalue weighted by Gasteiger charge is 2.32. The fourth-order valence-electron chi connectivity index (χ4n) is 3.48. The summed E-state index contributed by atoms with van der Waals surface area (Å²) in [7, 11) is 0. The fourth-order valence-corrected chi connectivity index (χ4v) is 3.48. The molecule has 11 nitrogen and oxygen atoms in total. The lowest BCUT2D eigenvalue weighted by molar-refractivity contribution is -0.136. The minimum atomic E-state index is -1.01. The van der Waals surface area contributed by atoms with Crippen molar-refractivity contribution in [2.75, 3.05) is 13.1 Å². The number of nitrogens with two attached hydrogens (primary N) is 2. The minimum absolute atomic E-state index is 0.0723. The van der Waals surface area contributed by atoms with E-state index in [2.05, 4.69) is 21.3 Å². The highest BCUT2D eigenvalue weighted by Crippen LogP contribution is 2.12. The molecule has 0 saturated carbocycles. The summed E-state index contributed by atoms with van der Waals surface area (Å²) in [4.78, 5) is 51.6. The lowest BCUT2D eigenvalue weighted by Gasteiger charge is -2.28. The number of aromatic hydroxyl groups is 1. The molecule has 1 aromatic carbocycles. The quantitative estimate of drug-likeness (QED) is 0.242. The van der Waals surface area contributed by atoms with E-state index in [4.69, 9.17) is 11.5 Å². The molecule has 2 rings (SSSR count). The largest absolute Gasteiger partial charge is 0.508 e.